The summed E-state index contributed by atoms with van der Waals surface area (Å²) in [5.74, 6) is 0. The molecule has 0 amide bonds. The maximum atomic E-state index is 2.77. The van der Waals surface area contributed by atoms with Crippen LogP contribution in [0.1, 0.15) is 193 Å². The first-order valence-corrected chi connectivity index (χ1v) is 23.4. The minimum atomic E-state index is 0. The molecule has 1 aromatic carbocycles. The summed E-state index contributed by atoms with van der Waals surface area (Å²) < 4.78 is 0. The van der Waals surface area contributed by atoms with Gasteiger partial charge in [-0.15, -0.1) is 0 Å². The van der Waals surface area contributed by atoms with Gasteiger partial charge in [0.2, 0.25) is 0 Å². The molecule has 258 valence electrons. The summed E-state index contributed by atoms with van der Waals surface area (Å²) in [6, 6.07) is 13.0. The molecule has 3 heteroatoms. The van der Waals surface area contributed by atoms with E-state index in [1.165, 1.54) is 72.5 Å². The number of rotatable bonds is 6. The summed E-state index contributed by atoms with van der Waals surface area (Å²) in [7, 11) is 0.770. The standard InChI is InChI=1S/2C18H33P.C6H4.Ni/c2*1-4-10-16(11-5-1)19(17-12-6-2-7-13-17)18-14-8-3-9-15-18;1-2-4-6-5-3-1;/h2*16-18H,1-15H2;1-4H;. The Morgan fingerprint density at radius 3 is 0.600 bits per heavy atom. The molecule has 0 spiro atoms. The van der Waals surface area contributed by atoms with Gasteiger partial charge in [0, 0.05) is 16.5 Å². The van der Waals surface area contributed by atoms with Crippen LogP contribution in [-0.2, 0) is 16.5 Å². The molecule has 0 heterocycles. The van der Waals surface area contributed by atoms with Crippen LogP contribution < -0.4 is 0 Å². The van der Waals surface area contributed by atoms with Crippen LogP contribution in [-0.4, -0.2) is 34.0 Å². The van der Waals surface area contributed by atoms with Crippen LogP contribution in [0, 0.1) is 12.1 Å². The fourth-order valence-corrected chi connectivity index (χ4v) is 19.7. The van der Waals surface area contributed by atoms with Crippen molar-refractivity contribution >= 4 is 15.8 Å². The average Bonchev–Trinajstić information content (AvgIpc) is 3.13. The third-order valence-corrected chi connectivity index (χ3v) is 20.7. The Kier molecular flexibility index (Phi) is 19.5. The summed E-state index contributed by atoms with van der Waals surface area (Å²) in [5.41, 5.74) is 7.14. The molecule has 0 aliphatic heterocycles. The van der Waals surface area contributed by atoms with Crippen molar-refractivity contribution in [3.05, 3.63) is 36.4 Å². The second-order valence-corrected chi connectivity index (χ2v) is 21.8. The van der Waals surface area contributed by atoms with E-state index in [2.05, 4.69) is 12.1 Å². The topological polar surface area (TPSA) is 0 Å². The van der Waals surface area contributed by atoms with Gasteiger partial charge in [-0.1, -0.05) is 156 Å². The molecular weight excluding hydrogens is 625 g/mol. The summed E-state index contributed by atoms with van der Waals surface area (Å²) in [5, 5.41) is 0. The molecule has 6 aliphatic carbocycles. The number of hydrogen-bond donors (Lipinski definition) is 0. The molecule has 6 fully saturated rings. The molecule has 0 saturated heterocycles. The fraction of sp³-hybridized carbons (Fsp3) is 0.857. The molecule has 0 aromatic heterocycles. The molecule has 1 aromatic rings. The Bertz CT molecular complexity index is 644. The van der Waals surface area contributed by atoms with Crippen LogP contribution in [0.15, 0.2) is 24.3 Å². The Morgan fingerprint density at radius 1 is 0.289 bits per heavy atom. The van der Waals surface area contributed by atoms with Crippen molar-refractivity contribution < 1.29 is 16.5 Å². The van der Waals surface area contributed by atoms with Gasteiger partial charge < -0.3 is 0 Å². The molecule has 6 aliphatic rings. The van der Waals surface area contributed by atoms with Gasteiger partial charge >= 0.3 is 0 Å². The predicted molar refractivity (Wildman–Crippen MR) is 199 cm³/mol. The van der Waals surface area contributed by atoms with E-state index in [-0.39, 0.29) is 16.5 Å². The van der Waals surface area contributed by atoms with Gasteiger partial charge in [-0.05, 0) is 123 Å². The van der Waals surface area contributed by atoms with Crippen molar-refractivity contribution in [1.82, 2.24) is 0 Å². The van der Waals surface area contributed by atoms with Gasteiger partial charge in [0.05, 0.1) is 0 Å². The van der Waals surface area contributed by atoms with Crippen molar-refractivity contribution in [2.24, 2.45) is 0 Å². The molecule has 7 rings (SSSR count). The SMILES string of the molecule is C1CCC(P(C2CCCCC2)C2CCCCC2)CC1.C1CCC(P(C2CCCCC2)C2CCCCC2)CC1.[Ni].c1ccccc#1. The first-order chi connectivity index (χ1) is 21.9. The molecule has 6 saturated carbocycles. The van der Waals surface area contributed by atoms with Gasteiger partial charge in [0.1, 0.15) is 0 Å². The predicted octanol–water partition coefficient (Wildman–Crippen LogP) is 14.2. The molecule has 0 atom stereocenters. The Labute approximate surface area is 294 Å². The Hall–Kier alpha value is 0.394. The van der Waals surface area contributed by atoms with E-state index < -0.39 is 0 Å². The van der Waals surface area contributed by atoms with Gasteiger partial charge in [-0.2, -0.15) is 0 Å². The molecule has 0 radical (unpaired) electrons. The fourth-order valence-electron chi connectivity index (χ4n) is 10.4. The van der Waals surface area contributed by atoms with Crippen molar-refractivity contribution in [1.29, 1.82) is 0 Å². The normalized spacial score (nSPS) is 25.3. The maximum Gasteiger partial charge on any atom is 0 e. The minimum Gasteiger partial charge on any atom is -0.0971 e. The average molecular weight is 696 g/mol. The second-order valence-electron chi connectivity index (χ2n) is 15.7. The number of hydrogen-bond acceptors (Lipinski definition) is 0. The Balaban J connectivity index is 0.000000170. The van der Waals surface area contributed by atoms with E-state index in [1.807, 2.05) is 24.3 Å². The first-order valence-electron chi connectivity index (χ1n) is 20.3. The van der Waals surface area contributed by atoms with Crippen LogP contribution in [0.5, 0.6) is 0 Å². The van der Waals surface area contributed by atoms with E-state index in [4.69, 9.17) is 0 Å². The second kappa shape index (κ2) is 22.9. The van der Waals surface area contributed by atoms with Gasteiger partial charge in [-0.25, -0.2) is 0 Å². The molecular formula is C42H70NiP2. The first kappa shape index (κ1) is 38.2. The van der Waals surface area contributed by atoms with Crippen molar-refractivity contribution in [2.45, 2.75) is 227 Å². The monoisotopic (exact) mass is 694 g/mol. The quantitative estimate of drug-likeness (QED) is 0.205. The van der Waals surface area contributed by atoms with Crippen molar-refractivity contribution in [3.8, 4) is 0 Å². The molecule has 0 unspecified atom stereocenters. The minimum absolute atomic E-state index is 0. The van der Waals surface area contributed by atoms with Gasteiger partial charge in [0.15, 0.2) is 0 Å². The van der Waals surface area contributed by atoms with Crippen LogP contribution >= 0.6 is 15.8 Å². The van der Waals surface area contributed by atoms with Crippen LogP contribution in [0.2, 0.25) is 0 Å². The van der Waals surface area contributed by atoms with E-state index >= 15 is 0 Å². The van der Waals surface area contributed by atoms with Crippen molar-refractivity contribution in [2.75, 3.05) is 0 Å². The summed E-state index contributed by atoms with van der Waals surface area (Å²) >= 11 is 0. The maximum absolute atomic E-state index is 2.77. The van der Waals surface area contributed by atoms with Crippen LogP contribution in [0.4, 0.5) is 0 Å². The summed E-state index contributed by atoms with van der Waals surface area (Å²) in [6.45, 7) is 0. The summed E-state index contributed by atoms with van der Waals surface area (Å²) in [6.07, 6.45) is 47.2. The zero-order valence-electron chi connectivity index (χ0n) is 29.2. The largest absolute Gasteiger partial charge is 0.0971 e. The van der Waals surface area contributed by atoms with Crippen LogP contribution in [0.3, 0.4) is 0 Å². The molecule has 0 nitrogen and oxygen atoms in total. The third kappa shape index (κ3) is 13.0. The van der Waals surface area contributed by atoms with Crippen molar-refractivity contribution in [3.63, 3.8) is 0 Å². The molecule has 0 bridgehead atoms. The van der Waals surface area contributed by atoms with E-state index in [9.17, 15) is 0 Å². The van der Waals surface area contributed by atoms with Gasteiger partial charge in [-0.3, -0.25) is 0 Å². The smallest absolute Gasteiger partial charge is 0 e. The zero-order chi connectivity index (χ0) is 30.1. The zero-order valence-corrected chi connectivity index (χ0v) is 32.0. The van der Waals surface area contributed by atoms with Gasteiger partial charge in [0.25, 0.3) is 0 Å². The van der Waals surface area contributed by atoms with E-state index in [1.54, 1.807) is 154 Å². The molecule has 0 N–H and O–H groups in total. The Morgan fingerprint density at radius 2 is 0.467 bits per heavy atom. The van der Waals surface area contributed by atoms with E-state index in [0.29, 0.717) is 15.8 Å². The molecule has 45 heavy (non-hydrogen) atoms. The van der Waals surface area contributed by atoms with E-state index in [0.717, 1.165) is 0 Å². The third-order valence-electron chi connectivity index (χ3n) is 12.5. The summed E-state index contributed by atoms with van der Waals surface area (Å²) in [4.78, 5) is 0. The van der Waals surface area contributed by atoms with Crippen LogP contribution in [0.25, 0.3) is 0 Å².